The Balaban J connectivity index is 2.82. The van der Waals surface area contributed by atoms with Gasteiger partial charge in [-0.25, -0.2) is 4.68 Å². The van der Waals surface area contributed by atoms with Crippen molar-refractivity contribution < 1.29 is 8.78 Å². The lowest BCUT2D eigenvalue weighted by Crippen LogP contribution is -1.97. The van der Waals surface area contributed by atoms with Gasteiger partial charge in [0.05, 0.1) is 6.20 Å². The van der Waals surface area contributed by atoms with Gasteiger partial charge < -0.3 is 0 Å². The van der Waals surface area contributed by atoms with Crippen LogP contribution in [-0.2, 0) is 0 Å². The molecular formula is C6H8F2N2S. The zero-order valence-corrected chi connectivity index (χ0v) is 6.80. The first kappa shape index (κ1) is 8.52. The van der Waals surface area contributed by atoms with Crippen molar-refractivity contribution in [1.29, 1.82) is 0 Å². The number of thiol groups is 1. The highest BCUT2D eigenvalue weighted by Crippen LogP contribution is 2.19. The largest absolute Gasteiger partial charge is 0.333 e. The van der Waals surface area contributed by atoms with Gasteiger partial charge >= 0.3 is 6.55 Å². The molecule has 0 amide bonds. The minimum atomic E-state index is -2.56. The van der Waals surface area contributed by atoms with Gasteiger partial charge in [-0.1, -0.05) is 0 Å². The Bertz CT molecular complexity index is 212. The van der Waals surface area contributed by atoms with Crippen LogP contribution in [0.2, 0.25) is 0 Å². The second kappa shape index (κ2) is 3.21. The van der Waals surface area contributed by atoms with Crippen molar-refractivity contribution in [2.45, 2.75) is 18.7 Å². The van der Waals surface area contributed by atoms with Gasteiger partial charge in [-0.2, -0.15) is 26.5 Å². The van der Waals surface area contributed by atoms with E-state index in [1.165, 1.54) is 12.4 Å². The summed E-state index contributed by atoms with van der Waals surface area (Å²) in [5.41, 5.74) is 0.702. The molecule has 1 rings (SSSR count). The normalized spacial score (nSPS) is 13.9. The van der Waals surface area contributed by atoms with E-state index in [0.29, 0.717) is 10.2 Å². The fourth-order valence-corrected chi connectivity index (χ4v) is 0.809. The highest BCUT2D eigenvalue weighted by Gasteiger charge is 2.08. The summed E-state index contributed by atoms with van der Waals surface area (Å²) in [6.07, 6.45) is 2.69. The Labute approximate surface area is 68.6 Å². The molecule has 1 unspecified atom stereocenters. The number of hydrogen-bond donors (Lipinski definition) is 1. The lowest BCUT2D eigenvalue weighted by Gasteiger charge is -1.97. The van der Waals surface area contributed by atoms with Crippen molar-refractivity contribution in [3.05, 3.63) is 18.0 Å². The minimum absolute atomic E-state index is 0.0532. The Morgan fingerprint density at radius 2 is 2.27 bits per heavy atom. The highest BCUT2D eigenvalue weighted by atomic mass is 32.1. The molecular weight excluding hydrogens is 170 g/mol. The van der Waals surface area contributed by atoms with Crippen LogP contribution in [0.5, 0.6) is 0 Å². The van der Waals surface area contributed by atoms with Gasteiger partial charge in [-0.15, -0.1) is 0 Å². The summed E-state index contributed by atoms with van der Waals surface area (Å²) >= 11 is 4.07. The van der Waals surface area contributed by atoms with Gasteiger partial charge in [0.25, 0.3) is 0 Å². The molecule has 11 heavy (non-hydrogen) atoms. The minimum Gasteiger partial charge on any atom is -0.211 e. The summed E-state index contributed by atoms with van der Waals surface area (Å²) in [7, 11) is 0. The average molecular weight is 178 g/mol. The zero-order valence-electron chi connectivity index (χ0n) is 5.91. The van der Waals surface area contributed by atoms with Crippen LogP contribution in [-0.4, -0.2) is 9.78 Å². The van der Waals surface area contributed by atoms with Crippen LogP contribution in [0.4, 0.5) is 8.78 Å². The van der Waals surface area contributed by atoms with E-state index in [1.807, 2.05) is 0 Å². The van der Waals surface area contributed by atoms with Crippen molar-refractivity contribution >= 4 is 12.6 Å². The van der Waals surface area contributed by atoms with Crippen LogP contribution in [0.1, 0.15) is 24.3 Å². The first-order chi connectivity index (χ1) is 5.11. The van der Waals surface area contributed by atoms with E-state index in [-0.39, 0.29) is 5.25 Å². The maximum absolute atomic E-state index is 11.9. The smallest absolute Gasteiger partial charge is 0.211 e. The molecule has 0 fully saturated rings. The molecule has 0 saturated carbocycles. The standard InChI is InChI=1S/C6H8F2N2S/c1-4(11)5-2-9-10(3-5)6(7)8/h2-4,6,11H,1H3. The van der Waals surface area contributed by atoms with Gasteiger partial charge in [0.1, 0.15) is 0 Å². The van der Waals surface area contributed by atoms with Crippen LogP contribution in [0.15, 0.2) is 12.4 Å². The van der Waals surface area contributed by atoms with E-state index in [2.05, 4.69) is 17.7 Å². The lowest BCUT2D eigenvalue weighted by atomic mass is 10.3. The molecule has 0 aliphatic rings. The fourth-order valence-electron chi connectivity index (χ4n) is 0.675. The maximum Gasteiger partial charge on any atom is 0.333 e. The van der Waals surface area contributed by atoms with Gasteiger partial charge in [0.2, 0.25) is 0 Å². The average Bonchev–Trinajstić information content (AvgIpc) is 2.33. The Kier molecular flexibility index (Phi) is 2.49. The third kappa shape index (κ3) is 1.92. The number of rotatable bonds is 2. The highest BCUT2D eigenvalue weighted by molar-refractivity contribution is 7.80. The molecule has 0 aliphatic carbocycles. The summed E-state index contributed by atoms with van der Waals surface area (Å²) in [6.45, 7) is -0.758. The molecule has 1 aromatic rings. The zero-order chi connectivity index (χ0) is 8.43. The molecule has 0 radical (unpaired) electrons. The van der Waals surface area contributed by atoms with Crippen molar-refractivity contribution in [2.75, 3.05) is 0 Å². The van der Waals surface area contributed by atoms with Crippen molar-refractivity contribution in [2.24, 2.45) is 0 Å². The van der Waals surface area contributed by atoms with Gasteiger partial charge in [0.15, 0.2) is 0 Å². The van der Waals surface area contributed by atoms with E-state index in [4.69, 9.17) is 0 Å². The summed E-state index contributed by atoms with van der Waals surface area (Å²) in [6, 6.07) is 0. The predicted octanol–water partition coefficient (Wildman–Crippen LogP) is 2.27. The van der Waals surface area contributed by atoms with Crippen molar-refractivity contribution in [1.82, 2.24) is 9.78 Å². The predicted molar refractivity (Wildman–Crippen MR) is 40.9 cm³/mol. The molecule has 0 bridgehead atoms. The van der Waals surface area contributed by atoms with E-state index in [1.54, 1.807) is 6.92 Å². The second-order valence-electron chi connectivity index (χ2n) is 2.21. The van der Waals surface area contributed by atoms with E-state index < -0.39 is 6.55 Å². The van der Waals surface area contributed by atoms with E-state index >= 15 is 0 Å². The summed E-state index contributed by atoms with van der Waals surface area (Å²) in [4.78, 5) is 0. The summed E-state index contributed by atoms with van der Waals surface area (Å²) < 4.78 is 24.5. The molecule has 0 saturated heterocycles. The molecule has 0 N–H and O–H groups in total. The third-order valence-electron chi connectivity index (χ3n) is 1.30. The van der Waals surface area contributed by atoms with Crippen LogP contribution in [0.25, 0.3) is 0 Å². The summed E-state index contributed by atoms with van der Waals surface area (Å²) in [5.74, 6) is 0. The van der Waals surface area contributed by atoms with Gasteiger partial charge in [0, 0.05) is 17.0 Å². The molecule has 0 spiro atoms. The van der Waals surface area contributed by atoms with Crippen LogP contribution < -0.4 is 0 Å². The Morgan fingerprint density at radius 3 is 2.55 bits per heavy atom. The maximum atomic E-state index is 11.9. The molecule has 1 heterocycles. The number of aromatic nitrogens is 2. The molecule has 1 aromatic heterocycles. The number of alkyl halides is 2. The molecule has 62 valence electrons. The molecule has 0 aromatic carbocycles. The number of nitrogens with zero attached hydrogens (tertiary/aromatic N) is 2. The van der Waals surface area contributed by atoms with Gasteiger partial charge in [-0.05, 0) is 6.92 Å². The molecule has 0 aliphatic heterocycles. The SMILES string of the molecule is CC(S)c1cnn(C(F)F)c1. The van der Waals surface area contributed by atoms with Gasteiger partial charge in [-0.3, -0.25) is 0 Å². The van der Waals surface area contributed by atoms with Crippen molar-refractivity contribution in [3.8, 4) is 0 Å². The summed E-state index contributed by atoms with van der Waals surface area (Å²) in [5, 5.41) is 3.40. The Morgan fingerprint density at radius 1 is 1.64 bits per heavy atom. The van der Waals surface area contributed by atoms with Crippen LogP contribution in [0, 0.1) is 0 Å². The molecule has 2 nitrogen and oxygen atoms in total. The fraction of sp³-hybridized carbons (Fsp3) is 0.500. The number of halogens is 2. The monoisotopic (exact) mass is 178 g/mol. The molecule has 1 atom stereocenters. The van der Waals surface area contributed by atoms with Crippen LogP contribution >= 0.6 is 12.6 Å². The third-order valence-corrected chi connectivity index (χ3v) is 1.60. The lowest BCUT2D eigenvalue weighted by molar-refractivity contribution is 0.0565. The Hall–Kier alpha value is -0.580. The first-order valence-corrected chi connectivity index (χ1v) is 3.63. The second-order valence-corrected chi connectivity index (χ2v) is 2.98. The quantitative estimate of drug-likeness (QED) is 0.688. The van der Waals surface area contributed by atoms with E-state index in [9.17, 15) is 8.78 Å². The van der Waals surface area contributed by atoms with E-state index in [0.717, 1.165) is 0 Å². The van der Waals surface area contributed by atoms with Crippen LogP contribution in [0.3, 0.4) is 0 Å². The van der Waals surface area contributed by atoms with Crippen molar-refractivity contribution in [3.63, 3.8) is 0 Å². The molecule has 5 heteroatoms. The first-order valence-electron chi connectivity index (χ1n) is 3.11. The number of hydrogen-bond acceptors (Lipinski definition) is 2. The topological polar surface area (TPSA) is 17.8 Å².